The number of Topliss-reactive ketones (excluding diaryl/α,β-unsaturated/α-hetero) is 1. The van der Waals surface area contributed by atoms with Crippen molar-refractivity contribution >= 4 is 5.78 Å². The largest absolute Gasteiger partial charge is 0.500 e. The highest BCUT2D eigenvalue weighted by Gasteiger charge is 2.31. The summed E-state index contributed by atoms with van der Waals surface area (Å²) >= 11 is 0. The molecule has 1 aromatic carbocycles. The van der Waals surface area contributed by atoms with Gasteiger partial charge in [0.15, 0.2) is 0 Å². The van der Waals surface area contributed by atoms with Crippen molar-refractivity contribution in [1.29, 1.82) is 5.26 Å². The Bertz CT molecular complexity index is 542. The number of benzene rings is 1. The third-order valence-corrected chi connectivity index (χ3v) is 2.19. The highest BCUT2D eigenvalue weighted by atomic mass is 19.4. The maximum atomic E-state index is 12.5. The molecule has 1 aromatic rings. The van der Waals surface area contributed by atoms with Crippen molar-refractivity contribution in [3.05, 3.63) is 47.2 Å². The molecule has 6 heteroatoms. The number of ketones is 1. The molecular formula is C13H10F3NO2. The molecule has 3 nitrogen and oxygen atoms in total. The number of halogens is 3. The van der Waals surface area contributed by atoms with Crippen LogP contribution in [0.5, 0.6) is 0 Å². The number of alkyl halides is 3. The fourth-order valence-corrected chi connectivity index (χ4v) is 1.29. The molecule has 0 aliphatic rings. The summed E-state index contributed by atoms with van der Waals surface area (Å²) in [4.78, 5) is 11.8. The van der Waals surface area contributed by atoms with E-state index in [9.17, 15) is 18.0 Å². The highest BCUT2D eigenvalue weighted by Crippen LogP contribution is 2.29. The van der Waals surface area contributed by atoms with E-state index < -0.39 is 17.5 Å². The third kappa shape index (κ3) is 3.85. The fraction of sp³-hybridized carbons (Fsp3) is 0.231. The molecule has 0 heterocycles. The van der Waals surface area contributed by atoms with Crippen molar-refractivity contribution in [2.75, 3.05) is 6.61 Å². The second-order valence-electron chi connectivity index (χ2n) is 3.51. The molecule has 0 N–H and O–H groups in total. The SMILES string of the molecule is CCOC=C(C#N)C(=O)c1cccc(C(F)(F)F)c1. The van der Waals surface area contributed by atoms with Crippen LogP contribution in [0.2, 0.25) is 0 Å². The van der Waals surface area contributed by atoms with Crippen molar-refractivity contribution < 1.29 is 22.7 Å². The highest BCUT2D eigenvalue weighted by molar-refractivity contribution is 6.11. The summed E-state index contributed by atoms with van der Waals surface area (Å²) in [5.41, 5.74) is -1.49. The molecule has 0 atom stereocenters. The Balaban J connectivity index is 3.10. The lowest BCUT2D eigenvalue weighted by Gasteiger charge is -2.07. The number of hydrogen-bond acceptors (Lipinski definition) is 3. The maximum Gasteiger partial charge on any atom is 0.416 e. The van der Waals surface area contributed by atoms with E-state index >= 15 is 0 Å². The van der Waals surface area contributed by atoms with Crippen LogP contribution in [0.15, 0.2) is 36.1 Å². The number of ether oxygens (including phenoxy) is 1. The molecule has 0 radical (unpaired) electrons. The van der Waals surface area contributed by atoms with Gasteiger partial charge in [-0.15, -0.1) is 0 Å². The number of rotatable bonds is 4. The standard InChI is InChI=1S/C13H10F3NO2/c1-2-19-8-10(7-17)12(18)9-4-3-5-11(6-9)13(14,15)16/h3-6,8H,2H2,1H3. The van der Waals surface area contributed by atoms with Crippen LogP contribution in [0.1, 0.15) is 22.8 Å². The minimum atomic E-state index is -4.53. The van der Waals surface area contributed by atoms with Crippen LogP contribution in [0.25, 0.3) is 0 Å². The Morgan fingerprint density at radius 3 is 2.68 bits per heavy atom. The molecule has 0 aliphatic carbocycles. The monoisotopic (exact) mass is 269 g/mol. The Hall–Kier alpha value is -2.29. The van der Waals surface area contributed by atoms with Gasteiger partial charge in [0.25, 0.3) is 0 Å². The third-order valence-electron chi connectivity index (χ3n) is 2.19. The minimum absolute atomic E-state index is 0.206. The predicted octanol–water partition coefficient (Wildman–Crippen LogP) is 3.33. The van der Waals surface area contributed by atoms with Crippen molar-refractivity contribution in [2.24, 2.45) is 0 Å². The number of carbonyl (C=O) groups excluding carboxylic acids is 1. The van der Waals surface area contributed by atoms with Gasteiger partial charge in [0.2, 0.25) is 5.78 Å². The Labute approximate surface area is 107 Å². The van der Waals surface area contributed by atoms with Gasteiger partial charge in [-0.05, 0) is 19.1 Å². The van der Waals surface area contributed by atoms with Crippen molar-refractivity contribution in [2.45, 2.75) is 13.1 Å². The lowest BCUT2D eigenvalue weighted by atomic mass is 10.0. The van der Waals surface area contributed by atoms with Crippen molar-refractivity contribution in [3.8, 4) is 6.07 Å². The smallest absolute Gasteiger partial charge is 0.416 e. The van der Waals surface area contributed by atoms with E-state index in [2.05, 4.69) is 0 Å². The quantitative estimate of drug-likeness (QED) is 0.364. The number of allylic oxidation sites excluding steroid dienone is 1. The molecular weight excluding hydrogens is 259 g/mol. The molecule has 100 valence electrons. The molecule has 0 saturated carbocycles. The number of nitrogens with zero attached hydrogens (tertiary/aromatic N) is 1. The molecule has 0 amide bonds. The molecule has 0 aromatic heterocycles. The zero-order valence-corrected chi connectivity index (χ0v) is 9.99. The maximum absolute atomic E-state index is 12.5. The number of carbonyl (C=O) groups is 1. The Morgan fingerprint density at radius 1 is 1.47 bits per heavy atom. The molecule has 0 saturated heterocycles. The second-order valence-corrected chi connectivity index (χ2v) is 3.51. The molecule has 0 bridgehead atoms. The fourth-order valence-electron chi connectivity index (χ4n) is 1.29. The molecule has 0 spiro atoms. The van der Waals surface area contributed by atoms with Crippen LogP contribution in [-0.4, -0.2) is 12.4 Å². The molecule has 0 aliphatic heterocycles. The van der Waals surface area contributed by atoms with Gasteiger partial charge in [0.05, 0.1) is 12.2 Å². The molecule has 0 fully saturated rings. The topological polar surface area (TPSA) is 50.1 Å². The Morgan fingerprint density at radius 2 is 2.16 bits per heavy atom. The average Bonchev–Trinajstić information content (AvgIpc) is 2.38. The van der Waals surface area contributed by atoms with E-state index in [0.29, 0.717) is 6.07 Å². The summed E-state index contributed by atoms with van der Waals surface area (Å²) in [6, 6.07) is 5.50. The van der Waals surface area contributed by atoms with Crippen molar-refractivity contribution in [1.82, 2.24) is 0 Å². The van der Waals surface area contributed by atoms with Crippen LogP contribution >= 0.6 is 0 Å². The van der Waals surface area contributed by atoms with Crippen LogP contribution in [-0.2, 0) is 10.9 Å². The normalized spacial score (nSPS) is 11.8. The van der Waals surface area contributed by atoms with Gasteiger partial charge in [-0.2, -0.15) is 18.4 Å². The van der Waals surface area contributed by atoms with Gasteiger partial charge in [0.1, 0.15) is 17.9 Å². The van der Waals surface area contributed by atoms with Crippen molar-refractivity contribution in [3.63, 3.8) is 0 Å². The van der Waals surface area contributed by atoms with E-state index in [4.69, 9.17) is 10.00 Å². The summed E-state index contributed by atoms with van der Waals surface area (Å²) in [5.74, 6) is -0.804. The van der Waals surface area contributed by atoms with E-state index in [-0.39, 0.29) is 17.7 Å². The van der Waals surface area contributed by atoms with E-state index in [1.54, 1.807) is 13.0 Å². The molecule has 1 rings (SSSR count). The van der Waals surface area contributed by atoms with Gasteiger partial charge in [-0.1, -0.05) is 12.1 Å². The first-order valence-corrected chi connectivity index (χ1v) is 5.34. The zero-order valence-electron chi connectivity index (χ0n) is 9.99. The minimum Gasteiger partial charge on any atom is -0.500 e. The number of hydrogen-bond donors (Lipinski definition) is 0. The summed E-state index contributed by atoms with van der Waals surface area (Å²) in [7, 11) is 0. The van der Waals surface area contributed by atoms with Crippen LogP contribution in [0.4, 0.5) is 13.2 Å². The summed E-state index contributed by atoms with van der Waals surface area (Å²) in [6.45, 7) is 1.90. The van der Waals surface area contributed by atoms with Gasteiger partial charge >= 0.3 is 6.18 Å². The second kappa shape index (κ2) is 6.05. The van der Waals surface area contributed by atoms with Gasteiger partial charge < -0.3 is 4.74 Å². The lowest BCUT2D eigenvalue weighted by Crippen LogP contribution is -2.08. The first-order valence-electron chi connectivity index (χ1n) is 5.34. The lowest BCUT2D eigenvalue weighted by molar-refractivity contribution is -0.137. The molecule has 0 unspecified atom stereocenters. The first-order chi connectivity index (χ1) is 8.90. The summed E-state index contributed by atoms with van der Waals surface area (Å²) < 4.78 is 42.3. The van der Waals surface area contributed by atoms with Gasteiger partial charge in [-0.3, -0.25) is 4.79 Å². The number of nitriles is 1. The van der Waals surface area contributed by atoms with Crippen LogP contribution in [0.3, 0.4) is 0 Å². The average molecular weight is 269 g/mol. The Kier molecular flexibility index (Phi) is 4.70. The van der Waals surface area contributed by atoms with Crippen LogP contribution in [0, 0.1) is 11.3 Å². The predicted molar refractivity (Wildman–Crippen MR) is 61.1 cm³/mol. The van der Waals surface area contributed by atoms with Gasteiger partial charge in [-0.25, -0.2) is 0 Å². The van der Waals surface area contributed by atoms with Crippen LogP contribution < -0.4 is 0 Å². The first kappa shape index (κ1) is 14.8. The van der Waals surface area contributed by atoms with E-state index in [0.717, 1.165) is 18.4 Å². The summed E-state index contributed by atoms with van der Waals surface area (Å²) in [6.07, 6.45) is -3.59. The van der Waals surface area contributed by atoms with E-state index in [1.807, 2.05) is 0 Å². The van der Waals surface area contributed by atoms with Gasteiger partial charge in [0, 0.05) is 5.56 Å². The van der Waals surface area contributed by atoms with E-state index in [1.165, 1.54) is 6.07 Å². The molecule has 19 heavy (non-hydrogen) atoms. The zero-order chi connectivity index (χ0) is 14.5. The summed E-state index contributed by atoms with van der Waals surface area (Å²) in [5, 5.41) is 8.77.